The highest BCUT2D eigenvalue weighted by Crippen LogP contribution is 2.62. The summed E-state index contributed by atoms with van der Waals surface area (Å²) in [7, 11) is 1.31. The number of aromatic hydroxyl groups is 2. The normalized spacial score (nSPS) is 39.2. The first kappa shape index (κ1) is 41.8. The standard InChI is InChI=1S/C44H51NO17/c1-19-36(48)27(45-41(53)57-24-5-4-8-43(15-24)59-61-44(62-60-43)22-10-20-9-21(12-22)13-23(44)11-20)14-31(56-19)58-29-17-42(54,30(47)18-46)16-26-33(29)40(52)35-34(38(26)50)37(49)25-6-3-7-28(55-2)32(25)39(35)51/h3,6-7,19-24,27,29,31,36,46,48,50,52,54H,4-5,8-18H2,1-2H3,(H,45,53)/t19-,20?,21?,22?,23?,24?,27?,29-,31-,36+,42-,43?,44?/m1/s1. The Labute approximate surface area is 355 Å². The molecule has 9 aliphatic rings. The summed E-state index contributed by atoms with van der Waals surface area (Å²) in [5, 5.41) is 58.9. The molecule has 62 heavy (non-hydrogen) atoms. The summed E-state index contributed by atoms with van der Waals surface area (Å²) in [5.74, 6) is -4.52. The molecule has 2 heterocycles. The van der Waals surface area contributed by atoms with Crippen molar-refractivity contribution < 1.29 is 83.2 Å². The van der Waals surface area contributed by atoms with Crippen LogP contribution < -0.4 is 10.1 Å². The van der Waals surface area contributed by atoms with E-state index in [1.54, 1.807) is 0 Å². The topological polar surface area (TPSA) is 255 Å². The van der Waals surface area contributed by atoms with Crippen LogP contribution in [0.5, 0.6) is 17.2 Å². The van der Waals surface area contributed by atoms with Gasteiger partial charge >= 0.3 is 6.09 Å². The Kier molecular flexibility index (Phi) is 10.2. The molecule has 2 aromatic rings. The van der Waals surface area contributed by atoms with Gasteiger partial charge in [0.25, 0.3) is 0 Å². The zero-order chi connectivity index (χ0) is 43.5. The number of carbonyl (C=O) groups is 4. The Morgan fingerprint density at radius 2 is 1.60 bits per heavy atom. The van der Waals surface area contributed by atoms with Crippen molar-refractivity contribution in [1.29, 1.82) is 0 Å². The highest BCUT2D eigenvalue weighted by Gasteiger charge is 2.65. The summed E-state index contributed by atoms with van der Waals surface area (Å²) in [4.78, 5) is 78.8. The second kappa shape index (κ2) is 15.2. The largest absolute Gasteiger partial charge is 0.507 e. The van der Waals surface area contributed by atoms with Crippen molar-refractivity contribution in [2.24, 2.45) is 23.7 Å². The van der Waals surface area contributed by atoms with E-state index >= 15 is 0 Å². The number of phenols is 2. The fourth-order valence-electron chi connectivity index (χ4n) is 12.0. The van der Waals surface area contributed by atoms with Gasteiger partial charge in [-0.1, -0.05) is 12.1 Å². The summed E-state index contributed by atoms with van der Waals surface area (Å²) in [6, 6.07) is 3.31. The van der Waals surface area contributed by atoms with Crippen molar-refractivity contribution >= 4 is 23.4 Å². The van der Waals surface area contributed by atoms with Crippen molar-refractivity contribution in [2.75, 3.05) is 13.7 Å². The zero-order valence-corrected chi connectivity index (χ0v) is 34.3. The van der Waals surface area contributed by atoms with Gasteiger partial charge in [0.05, 0.1) is 42.0 Å². The number of ketones is 3. The predicted octanol–water partition coefficient (Wildman–Crippen LogP) is 3.47. The van der Waals surface area contributed by atoms with Gasteiger partial charge in [0, 0.05) is 60.6 Å². The van der Waals surface area contributed by atoms with E-state index in [9.17, 15) is 44.7 Å². The van der Waals surface area contributed by atoms with Crippen LogP contribution in [0.25, 0.3) is 0 Å². The minimum Gasteiger partial charge on any atom is -0.507 e. The summed E-state index contributed by atoms with van der Waals surface area (Å²) in [6.07, 6.45) is -0.890. The number of aliphatic hydroxyl groups is 3. The Bertz CT molecular complexity index is 2170. The lowest BCUT2D eigenvalue weighted by molar-refractivity contribution is -0.681. The van der Waals surface area contributed by atoms with Gasteiger partial charge in [-0.2, -0.15) is 19.6 Å². The molecule has 11 rings (SSSR count). The monoisotopic (exact) mass is 865 g/mol. The van der Waals surface area contributed by atoms with Crippen molar-refractivity contribution in [1.82, 2.24) is 5.32 Å². The number of ether oxygens (including phenoxy) is 4. The van der Waals surface area contributed by atoms with Gasteiger partial charge in [0.2, 0.25) is 17.4 Å². The first-order valence-corrected chi connectivity index (χ1v) is 21.6. The number of aliphatic hydroxyl groups excluding tert-OH is 2. The smallest absolute Gasteiger partial charge is 0.407 e. The van der Waals surface area contributed by atoms with Crippen LogP contribution in [-0.4, -0.2) is 111 Å². The van der Waals surface area contributed by atoms with Crippen LogP contribution >= 0.6 is 0 Å². The van der Waals surface area contributed by atoms with E-state index in [1.165, 1.54) is 38.7 Å². The highest BCUT2D eigenvalue weighted by molar-refractivity contribution is 6.31. The molecule has 5 saturated carbocycles. The van der Waals surface area contributed by atoms with E-state index in [1.807, 2.05) is 0 Å². The molecule has 2 unspecified atom stereocenters. The Morgan fingerprint density at radius 1 is 0.903 bits per heavy atom. The first-order valence-electron chi connectivity index (χ1n) is 21.6. The maximum Gasteiger partial charge on any atom is 0.407 e. The number of benzene rings is 2. The van der Waals surface area contributed by atoms with Gasteiger partial charge in [-0.3, -0.25) is 14.4 Å². The average Bonchev–Trinajstić information content (AvgIpc) is 3.24. The molecule has 2 spiro atoms. The van der Waals surface area contributed by atoms with E-state index in [0.29, 0.717) is 31.1 Å². The zero-order valence-electron chi connectivity index (χ0n) is 34.3. The van der Waals surface area contributed by atoms with Gasteiger partial charge in [0.1, 0.15) is 41.7 Å². The third kappa shape index (κ3) is 6.55. The van der Waals surface area contributed by atoms with Crippen molar-refractivity contribution in [2.45, 2.75) is 138 Å². The lowest BCUT2D eigenvalue weighted by Crippen LogP contribution is -2.65. The molecule has 6 N–H and O–H groups in total. The third-order valence-electron chi connectivity index (χ3n) is 14.9. The number of rotatable bonds is 7. The number of alkyl carbamates (subject to hydrolysis) is 1. The van der Waals surface area contributed by atoms with E-state index in [4.69, 9.17) is 38.5 Å². The molecule has 7 fully saturated rings. The molecule has 2 saturated heterocycles. The van der Waals surface area contributed by atoms with Gasteiger partial charge in [-0.25, -0.2) is 4.79 Å². The van der Waals surface area contributed by atoms with Crippen molar-refractivity contribution in [3.8, 4) is 17.2 Å². The summed E-state index contributed by atoms with van der Waals surface area (Å²) >= 11 is 0. The van der Waals surface area contributed by atoms with Crippen LogP contribution in [0.2, 0.25) is 0 Å². The summed E-state index contributed by atoms with van der Waals surface area (Å²) < 4.78 is 23.5. The number of phenolic OH excluding ortho intramolecular Hbond substituents is 2. The minimum atomic E-state index is -2.36. The molecular formula is C44H51NO17. The van der Waals surface area contributed by atoms with Gasteiger partial charge in [0.15, 0.2) is 17.9 Å². The molecular weight excluding hydrogens is 814 g/mol. The lowest BCUT2D eigenvalue weighted by Gasteiger charge is -2.60. The second-order valence-corrected chi connectivity index (χ2v) is 18.6. The van der Waals surface area contributed by atoms with Crippen molar-refractivity contribution in [3.05, 3.63) is 51.6 Å². The fourth-order valence-corrected chi connectivity index (χ4v) is 12.0. The minimum absolute atomic E-state index is 0.0613. The molecule has 4 bridgehead atoms. The first-order chi connectivity index (χ1) is 29.7. The summed E-state index contributed by atoms with van der Waals surface area (Å²) in [6.45, 7) is 0.454. The maximum atomic E-state index is 14.0. The van der Waals surface area contributed by atoms with Gasteiger partial charge in [-0.05, 0) is 69.8 Å². The van der Waals surface area contributed by atoms with Crippen LogP contribution in [0.1, 0.15) is 127 Å². The van der Waals surface area contributed by atoms with E-state index in [-0.39, 0.29) is 52.7 Å². The third-order valence-corrected chi connectivity index (χ3v) is 14.9. The number of carbonyl (C=O) groups excluding carboxylic acids is 4. The number of amides is 1. The molecule has 1 amide bonds. The van der Waals surface area contributed by atoms with E-state index < -0.39 is 119 Å². The Hall–Kier alpha value is -4.24. The quantitative estimate of drug-likeness (QED) is 0.147. The Morgan fingerprint density at radius 3 is 2.27 bits per heavy atom. The van der Waals surface area contributed by atoms with E-state index in [2.05, 4.69) is 5.32 Å². The van der Waals surface area contributed by atoms with Gasteiger partial charge in [-0.15, -0.1) is 0 Å². The molecule has 18 nitrogen and oxygen atoms in total. The Balaban J connectivity index is 0.852. The van der Waals surface area contributed by atoms with Crippen LogP contribution in [0.4, 0.5) is 4.79 Å². The van der Waals surface area contributed by atoms with Crippen LogP contribution in [0.15, 0.2) is 18.2 Å². The molecule has 7 atom stereocenters. The van der Waals surface area contributed by atoms with Gasteiger partial charge < -0.3 is 49.8 Å². The van der Waals surface area contributed by atoms with E-state index in [0.717, 1.165) is 25.7 Å². The van der Waals surface area contributed by atoms with Crippen molar-refractivity contribution in [3.63, 3.8) is 0 Å². The number of nitrogens with one attached hydrogen (secondary N) is 1. The number of fused-ring (bicyclic) bond motifs is 3. The van der Waals surface area contributed by atoms with Crippen LogP contribution in [0, 0.1) is 23.7 Å². The molecule has 2 aliphatic heterocycles. The molecule has 0 radical (unpaired) electrons. The molecule has 7 aliphatic carbocycles. The molecule has 334 valence electrons. The second-order valence-electron chi connectivity index (χ2n) is 18.6. The number of methoxy groups -OCH3 is 1. The summed E-state index contributed by atoms with van der Waals surface area (Å²) in [5.41, 5.74) is -4.07. The number of hydrogen-bond acceptors (Lipinski definition) is 17. The number of hydrogen-bond donors (Lipinski definition) is 6. The lowest BCUT2D eigenvalue weighted by atomic mass is 9.53. The number of Topliss-reactive ketones (excluding diaryl/α,β-unsaturated/α-hetero) is 1. The maximum absolute atomic E-state index is 14.0. The molecule has 2 aromatic carbocycles. The van der Waals surface area contributed by atoms with Crippen LogP contribution in [0.3, 0.4) is 0 Å². The predicted molar refractivity (Wildman–Crippen MR) is 206 cm³/mol. The molecule has 0 aromatic heterocycles. The SMILES string of the molecule is COc1cccc2c1C(=O)c1c(O)c3c(c(O)c1C2=O)C[C@](O)(C(=O)CO)C[C@H]3O[C@@H]1CC(NC(=O)OC2CCCC3(C2)OOC2(OO3)C3CC4CC(C3)CC2C4)[C@@H](O)[C@@H](C)O1. The average molecular weight is 866 g/mol. The van der Waals surface area contributed by atoms with Crippen LogP contribution in [-0.2, 0) is 45.0 Å². The molecule has 18 heteroatoms. The highest BCUT2D eigenvalue weighted by atomic mass is 17.4. The fraction of sp³-hybridized carbons (Fsp3) is 0.636.